The Hall–Kier alpha value is -2.66. The molecule has 1 heterocycles. The summed E-state index contributed by atoms with van der Waals surface area (Å²) in [5.74, 6) is 0.289. The molecule has 0 saturated heterocycles. The fourth-order valence-electron chi connectivity index (χ4n) is 4.33. The number of unbranched alkanes of at least 4 members (excludes halogenated alkanes) is 1. The molecule has 1 aliphatic heterocycles. The van der Waals surface area contributed by atoms with Gasteiger partial charge < -0.3 is 40.4 Å². The van der Waals surface area contributed by atoms with Gasteiger partial charge in [0.25, 0.3) is 5.91 Å². The van der Waals surface area contributed by atoms with Gasteiger partial charge in [0.2, 0.25) is 12.2 Å². The van der Waals surface area contributed by atoms with Crippen LogP contribution in [0.25, 0.3) is 0 Å². The van der Waals surface area contributed by atoms with Gasteiger partial charge in [0.1, 0.15) is 0 Å². The maximum atomic E-state index is 12.9. The van der Waals surface area contributed by atoms with Crippen LogP contribution in [0.2, 0.25) is 0 Å². The molecule has 10 heteroatoms. The normalized spacial score (nSPS) is 19.1. The van der Waals surface area contributed by atoms with E-state index in [2.05, 4.69) is 24.5 Å². The highest BCUT2D eigenvalue weighted by Gasteiger charge is 2.38. The molecule has 3 atom stereocenters. The molecule has 0 spiro atoms. The molecule has 0 aromatic heterocycles. The Morgan fingerprint density at radius 1 is 1.11 bits per heavy atom. The number of rotatable bonds is 18. The molecule has 1 aromatic carbocycles. The average Bonchev–Trinajstić information content (AvgIpc) is 2.89. The minimum atomic E-state index is -0.540. The Kier molecular flexibility index (Phi) is 14.8. The SMILES string of the molecule is CCO[C@H]1OC(C(=O)NCCCCC(=O)Nc2ccccc2N)=C[C@@H](C(C)C)[C@@H]1CCOCCOCCO. The van der Waals surface area contributed by atoms with E-state index in [9.17, 15) is 9.59 Å². The number of para-hydroxylation sites is 2. The van der Waals surface area contributed by atoms with E-state index in [1.165, 1.54) is 0 Å². The number of carbonyl (C=O) groups excluding carboxylic acids is 2. The fourth-order valence-corrected chi connectivity index (χ4v) is 4.33. The zero-order valence-electron chi connectivity index (χ0n) is 22.9. The van der Waals surface area contributed by atoms with Crippen molar-refractivity contribution in [2.45, 2.75) is 52.7 Å². The molecule has 214 valence electrons. The molecule has 0 saturated carbocycles. The lowest BCUT2D eigenvalue weighted by atomic mass is 9.79. The summed E-state index contributed by atoms with van der Waals surface area (Å²) in [5, 5.41) is 14.5. The maximum Gasteiger partial charge on any atom is 0.286 e. The number of aliphatic hydroxyl groups excluding tert-OH is 1. The molecule has 10 nitrogen and oxygen atoms in total. The maximum absolute atomic E-state index is 12.9. The molecule has 2 rings (SSSR count). The van der Waals surface area contributed by atoms with Crippen molar-refractivity contribution in [3.8, 4) is 0 Å². The minimum Gasteiger partial charge on any atom is -0.459 e. The molecule has 2 amide bonds. The van der Waals surface area contributed by atoms with Gasteiger partial charge >= 0.3 is 0 Å². The highest BCUT2D eigenvalue weighted by atomic mass is 16.7. The fraction of sp³-hybridized carbons (Fsp3) is 0.643. The Labute approximate surface area is 226 Å². The van der Waals surface area contributed by atoms with Crippen LogP contribution < -0.4 is 16.4 Å². The van der Waals surface area contributed by atoms with E-state index in [0.29, 0.717) is 70.2 Å². The first-order chi connectivity index (χ1) is 18.4. The van der Waals surface area contributed by atoms with Crippen molar-refractivity contribution in [3.05, 3.63) is 36.1 Å². The molecular formula is C28H45N3O7. The third kappa shape index (κ3) is 11.0. The molecule has 0 bridgehead atoms. The van der Waals surface area contributed by atoms with Crippen LogP contribution in [-0.4, -0.2) is 69.4 Å². The number of hydrogen-bond acceptors (Lipinski definition) is 8. The summed E-state index contributed by atoms with van der Waals surface area (Å²) in [4.78, 5) is 25.0. The summed E-state index contributed by atoms with van der Waals surface area (Å²) in [6, 6.07) is 7.13. The molecule has 38 heavy (non-hydrogen) atoms. The van der Waals surface area contributed by atoms with Crippen LogP contribution >= 0.6 is 0 Å². The Morgan fingerprint density at radius 3 is 2.53 bits per heavy atom. The molecule has 1 aromatic rings. The van der Waals surface area contributed by atoms with Gasteiger partial charge in [-0.05, 0) is 56.2 Å². The third-order valence-electron chi connectivity index (χ3n) is 6.31. The van der Waals surface area contributed by atoms with Crippen LogP contribution in [0.5, 0.6) is 0 Å². The quantitative estimate of drug-likeness (QED) is 0.166. The van der Waals surface area contributed by atoms with E-state index < -0.39 is 6.29 Å². The smallest absolute Gasteiger partial charge is 0.286 e. The number of nitrogens with one attached hydrogen (secondary N) is 2. The number of nitrogens with two attached hydrogens (primary N) is 1. The van der Waals surface area contributed by atoms with Crippen molar-refractivity contribution in [2.75, 3.05) is 57.2 Å². The largest absolute Gasteiger partial charge is 0.459 e. The van der Waals surface area contributed by atoms with Crippen molar-refractivity contribution in [1.82, 2.24) is 5.32 Å². The molecular weight excluding hydrogens is 490 g/mol. The van der Waals surface area contributed by atoms with Crippen LogP contribution in [-0.2, 0) is 28.5 Å². The summed E-state index contributed by atoms with van der Waals surface area (Å²) < 4.78 is 22.8. The van der Waals surface area contributed by atoms with Crippen molar-refractivity contribution >= 4 is 23.2 Å². The monoisotopic (exact) mass is 535 g/mol. The van der Waals surface area contributed by atoms with E-state index in [-0.39, 0.29) is 41.9 Å². The first-order valence-electron chi connectivity index (χ1n) is 13.6. The lowest BCUT2D eigenvalue weighted by Gasteiger charge is -2.38. The van der Waals surface area contributed by atoms with Gasteiger partial charge in [0.05, 0.1) is 37.8 Å². The average molecular weight is 536 g/mol. The van der Waals surface area contributed by atoms with Crippen LogP contribution in [0, 0.1) is 17.8 Å². The van der Waals surface area contributed by atoms with E-state index in [0.717, 1.165) is 6.42 Å². The van der Waals surface area contributed by atoms with Crippen LogP contribution in [0.4, 0.5) is 11.4 Å². The molecule has 0 aliphatic carbocycles. The second-order valence-electron chi connectivity index (χ2n) is 9.54. The Morgan fingerprint density at radius 2 is 1.84 bits per heavy atom. The number of benzene rings is 1. The predicted molar refractivity (Wildman–Crippen MR) is 146 cm³/mol. The van der Waals surface area contributed by atoms with Gasteiger partial charge in [-0.25, -0.2) is 0 Å². The number of carbonyl (C=O) groups is 2. The number of ether oxygens (including phenoxy) is 4. The van der Waals surface area contributed by atoms with E-state index in [1.54, 1.807) is 12.1 Å². The van der Waals surface area contributed by atoms with Crippen molar-refractivity contribution in [3.63, 3.8) is 0 Å². The van der Waals surface area contributed by atoms with Crippen LogP contribution in [0.1, 0.15) is 46.5 Å². The zero-order chi connectivity index (χ0) is 27.8. The number of nitrogen functional groups attached to an aromatic ring is 1. The topological polar surface area (TPSA) is 141 Å². The predicted octanol–water partition coefficient (Wildman–Crippen LogP) is 3.07. The second kappa shape index (κ2) is 17.8. The molecule has 5 N–H and O–H groups in total. The van der Waals surface area contributed by atoms with E-state index in [1.807, 2.05) is 25.1 Å². The summed E-state index contributed by atoms with van der Waals surface area (Å²) in [7, 11) is 0. The van der Waals surface area contributed by atoms with Gasteiger partial charge in [-0.2, -0.15) is 0 Å². The number of amides is 2. The van der Waals surface area contributed by atoms with Gasteiger partial charge in [0.15, 0.2) is 5.76 Å². The Bertz CT molecular complexity index is 878. The van der Waals surface area contributed by atoms with Crippen LogP contribution in [0.3, 0.4) is 0 Å². The van der Waals surface area contributed by atoms with Gasteiger partial charge in [-0.15, -0.1) is 0 Å². The van der Waals surface area contributed by atoms with E-state index >= 15 is 0 Å². The molecule has 0 fully saturated rings. The number of aliphatic hydroxyl groups is 1. The molecule has 0 unspecified atom stereocenters. The molecule has 1 aliphatic rings. The summed E-state index contributed by atoms with van der Waals surface area (Å²) >= 11 is 0. The zero-order valence-corrected chi connectivity index (χ0v) is 22.9. The highest BCUT2D eigenvalue weighted by Crippen LogP contribution is 2.36. The first kappa shape index (κ1) is 31.6. The Balaban J connectivity index is 1.81. The minimum absolute atomic E-state index is 0.00436. The lowest BCUT2D eigenvalue weighted by Crippen LogP contribution is -2.41. The van der Waals surface area contributed by atoms with Gasteiger partial charge in [-0.3, -0.25) is 9.59 Å². The lowest BCUT2D eigenvalue weighted by molar-refractivity contribution is -0.177. The number of anilines is 2. The van der Waals surface area contributed by atoms with Crippen molar-refractivity contribution in [2.24, 2.45) is 17.8 Å². The molecule has 0 radical (unpaired) electrons. The summed E-state index contributed by atoms with van der Waals surface area (Å²) in [5.41, 5.74) is 6.99. The van der Waals surface area contributed by atoms with Gasteiger partial charge in [0, 0.05) is 32.1 Å². The van der Waals surface area contributed by atoms with Crippen molar-refractivity contribution < 1.29 is 33.6 Å². The second-order valence-corrected chi connectivity index (χ2v) is 9.54. The first-order valence-corrected chi connectivity index (χ1v) is 13.6. The van der Waals surface area contributed by atoms with Crippen molar-refractivity contribution in [1.29, 1.82) is 0 Å². The highest BCUT2D eigenvalue weighted by molar-refractivity contribution is 5.93. The third-order valence-corrected chi connectivity index (χ3v) is 6.31. The summed E-state index contributed by atoms with van der Waals surface area (Å²) in [6.45, 7) is 8.74. The summed E-state index contributed by atoms with van der Waals surface area (Å²) in [6.07, 6.45) is 3.70. The van der Waals surface area contributed by atoms with Crippen LogP contribution in [0.15, 0.2) is 36.1 Å². The number of allylic oxidation sites excluding steroid dienone is 1. The number of hydrogen-bond donors (Lipinski definition) is 4. The van der Waals surface area contributed by atoms with Gasteiger partial charge in [-0.1, -0.05) is 26.0 Å². The van der Waals surface area contributed by atoms with E-state index in [4.69, 9.17) is 29.8 Å². The standard InChI is InChI=1S/C28H45N3O7/c1-4-37-28-21(12-15-35-17-18-36-16-14-32)22(20(2)3)19-25(38-28)27(34)30-13-8-7-11-26(33)31-24-10-6-5-9-23(24)29/h5-6,9-10,19-22,28,32H,4,7-8,11-18,29H2,1-3H3,(H,30,34)(H,31,33)/t21-,22-,28-/m0/s1.